The molecule has 162 valence electrons. The number of amidine groups is 1. The van der Waals surface area contributed by atoms with Gasteiger partial charge in [0.05, 0.1) is 26.9 Å². The fraction of sp³-hybridized carbons (Fsp3) is 0.636. The lowest BCUT2D eigenvalue weighted by atomic mass is 10.1. The zero-order valence-corrected chi connectivity index (χ0v) is 18.2. The van der Waals surface area contributed by atoms with Gasteiger partial charge in [-0.15, -0.1) is 0 Å². The van der Waals surface area contributed by atoms with E-state index in [9.17, 15) is 0 Å². The van der Waals surface area contributed by atoms with Gasteiger partial charge in [0.25, 0.3) is 0 Å². The maximum absolute atomic E-state index is 7.12. The van der Waals surface area contributed by atoms with Crippen LogP contribution in [-0.2, 0) is 16.0 Å². The number of benzene rings is 1. The Bertz CT molecular complexity index is 644. The lowest BCUT2D eigenvalue weighted by Gasteiger charge is -2.33. The summed E-state index contributed by atoms with van der Waals surface area (Å²) in [6.07, 6.45) is 1.73. The second-order valence-electron chi connectivity index (χ2n) is 7.18. The number of hydrogen-bond donors (Lipinski definition) is 2. The molecule has 0 atom stereocenters. The van der Waals surface area contributed by atoms with Crippen LogP contribution in [0.3, 0.4) is 0 Å². The fourth-order valence-electron chi connectivity index (χ4n) is 3.37. The first kappa shape index (κ1) is 23.3. The summed E-state index contributed by atoms with van der Waals surface area (Å²) in [5.41, 5.74) is 2.65. The molecule has 2 N–H and O–H groups in total. The number of morpholine rings is 1. The first-order chi connectivity index (χ1) is 14.2. The highest BCUT2D eigenvalue weighted by Crippen LogP contribution is 2.25. The summed E-state index contributed by atoms with van der Waals surface area (Å²) in [6, 6.07) is 8.58. The van der Waals surface area contributed by atoms with E-state index >= 15 is 0 Å². The van der Waals surface area contributed by atoms with Gasteiger partial charge in [-0.05, 0) is 38.1 Å². The highest BCUT2D eigenvalue weighted by atomic mass is 16.5. The van der Waals surface area contributed by atoms with E-state index in [0.717, 1.165) is 77.7 Å². The molecule has 0 spiro atoms. The molecule has 0 aromatic heterocycles. The molecule has 1 aromatic rings. The maximum Gasteiger partial charge on any atom is 0.180 e. The predicted molar refractivity (Wildman–Crippen MR) is 120 cm³/mol. The molecule has 0 aliphatic carbocycles. The van der Waals surface area contributed by atoms with E-state index in [4.69, 9.17) is 10.1 Å². The Morgan fingerprint density at radius 3 is 2.72 bits per heavy atom. The van der Waals surface area contributed by atoms with E-state index in [-0.39, 0.29) is 0 Å². The fourth-order valence-corrected chi connectivity index (χ4v) is 3.37. The molecule has 0 radical (unpaired) electrons. The number of rotatable bonds is 8. The standard InChI is InChI=1S/C15H21N3O.C7H16N2O/c1-13-16-12-14-4-2-3-5-15(14)18(13)7-6-17-8-10-19-11-9-17;1-3-9-6-4-5-7(8)10-2/h2-5H,6-12H2,1H3;8-9H,3-6H2,1-2H3. The number of nitrogens with zero attached hydrogens (tertiary/aromatic N) is 3. The number of hydrogen-bond acceptors (Lipinski definition) is 7. The van der Waals surface area contributed by atoms with Crippen molar-refractivity contribution in [2.45, 2.75) is 33.2 Å². The van der Waals surface area contributed by atoms with Crippen molar-refractivity contribution < 1.29 is 9.47 Å². The van der Waals surface area contributed by atoms with Gasteiger partial charge in [-0.2, -0.15) is 0 Å². The minimum Gasteiger partial charge on any atom is -0.484 e. The first-order valence-electron chi connectivity index (χ1n) is 10.6. The number of anilines is 1. The smallest absolute Gasteiger partial charge is 0.180 e. The maximum atomic E-state index is 7.12. The molecule has 2 aliphatic rings. The van der Waals surface area contributed by atoms with Gasteiger partial charge in [-0.1, -0.05) is 25.1 Å². The average Bonchev–Trinajstić information content (AvgIpc) is 2.77. The number of para-hydroxylation sites is 1. The molecule has 7 nitrogen and oxygen atoms in total. The van der Waals surface area contributed by atoms with Crippen molar-refractivity contribution in [2.75, 3.05) is 64.5 Å². The van der Waals surface area contributed by atoms with Crippen LogP contribution in [0.1, 0.15) is 32.3 Å². The number of methoxy groups -OCH3 is 1. The van der Waals surface area contributed by atoms with Crippen LogP contribution in [0.2, 0.25) is 0 Å². The van der Waals surface area contributed by atoms with E-state index in [0.29, 0.717) is 5.90 Å². The lowest BCUT2D eigenvalue weighted by molar-refractivity contribution is 0.0394. The molecule has 3 rings (SSSR count). The Labute approximate surface area is 175 Å². The summed E-state index contributed by atoms with van der Waals surface area (Å²) in [4.78, 5) is 9.42. The van der Waals surface area contributed by atoms with Crippen molar-refractivity contribution in [3.8, 4) is 0 Å². The zero-order valence-electron chi connectivity index (χ0n) is 18.2. The normalized spacial score (nSPS) is 16.4. The molecule has 2 heterocycles. The summed E-state index contributed by atoms with van der Waals surface area (Å²) in [5.74, 6) is 1.50. The summed E-state index contributed by atoms with van der Waals surface area (Å²) in [6.45, 7) is 12.9. The van der Waals surface area contributed by atoms with E-state index < -0.39 is 0 Å². The molecule has 2 aliphatic heterocycles. The molecule has 0 amide bonds. The third kappa shape index (κ3) is 8.12. The monoisotopic (exact) mass is 403 g/mol. The SMILES string of the molecule is CC1=NCc2ccccc2N1CCN1CCOCC1.CCNCCCC(=N)OC. The average molecular weight is 404 g/mol. The van der Waals surface area contributed by atoms with Gasteiger partial charge in [0.2, 0.25) is 0 Å². The molecular formula is C22H37N5O2. The van der Waals surface area contributed by atoms with E-state index in [2.05, 4.69) is 63.0 Å². The Morgan fingerprint density at radius 1 is 1.24 bits per heavy atom. The van der Waals surface area contributed by atoms with Gasteiger partial charge in [-0.3, -0.25) is 15.3 Å². The van der Waals surface area contributed by atoms with Crippen LogP contribution in [0.5, 0.6) is 0 Å². The topological polar surface area (TPSA) is 73.2 Å². The van der Waals surface area contributed by atoms with Gasteiger partial charge >= 0.3 is 0 Å². The van der Waals surface area contributed by atoms with Gasteiger partial charge in [0.15, 0.2) is 5.90 Å². The largest absolute Gasteiger partial charge is 0.484 e. The third-order valence-corrected chi connectivity index (χ3v) is 5.15. The van der Waals surface area contributed by atoms with Crippen molar-refractivity contribution in [3.63, 3.8) is 0 Å². The highest BCUT2D eigenvalue weighted by Gasteiger charge is 2.19. The summed E-state index contributed by atoms with van der Waals surface area (Å²) in [5, 5.41) is 10.3. The number of fused-ring (bicyclic) bond motifs is 1. The second-order valence-corrected chi connectivity index (χ2v) is 7.18. The van der Waals surface area contributed by atoms with Crippen molar-refractivity contribution in [3.05, 3.63) is 29.8 Å². The van der Waals surface area contributed by atoms with Crippen molar-refractivity contribution in [1.29, 1.82) is 5.41 Å². The molecule has 0 unspecified atom stereocenters. The summed E-state index contributed by atoms with van der Waals surface area (Å²) < 4.78 is 10.1. The van der Waals surface area contributed by atoms with E-state index in [1.165, 1.54) is 18.4 Å². The Balaban J connectivity index is 0.000000257. The number of aliphatic imine (C=N–C) groups is 1. The van der Waals surface area contributed by atoms with Crippen LogP contribution in [0, 0.1) is 5.41 Å². The zero-order chi connectivity index (χ0) is 20.9. The van der Waals surface area contributed by atoms with Crippen molar-refractivity contribution in [1.82, 2.24) is 10.2 Å². The highest BCUT2D eigenvalue weighted by molar-refractivity contribution is 5.98. The lowest BCUT2D eigenvalue weighted by Crippen LogP contribution is -2.43. The Morgan fingerprint density at radius 2 is 2.00 bits per heavy atom. The molecule has 7 heteroatoms. The second kappa shape index (κ2) is 13.3. The Hall–Kier alpha value is -1.96. The minimum atomic E-state index is 0.373. The number of ether oxygens (including phenoxy) is 2. The molecule has 0 bridgehead atoms. The van der Waals surface area contributed by atoms with Gasteiger partial charge in [-0.25, -0.2) is 0 Å². The van der Waals surface area contributed by atoms with Crippen LogP contribution >= 0.6 is 0 Å². The molecule has 0 saturated carbocycles. The van der Waals surface area contributed by atoms with Crippen LogP contribution in [0.15, 0.2) is 29.3 Å². The first-order valence-corrected chi connectivity index (χ1v) is 10.6. The molecule has 1 saturated heterocycles. The minimum absolute atomic E-state index is 0.373. The third-order valence-electron chi connectivity index (χ3n) is 5.15. The molecule has 1 aromatic carbocycles. The van der Waals surface area contributed by atoms with Crippen LogP contribution in [0.25, 0.3) is 0 Å². The quantitative estimate of drug-likeness (QED) is 0.397. The summed E-state index contributed by atoms with van der Waals surface area (Å²) >= 11 is 0. The Kier molecular flexibility index (Phi) is 10.7. The number of nitrogens with one attached hydrogen (secondary N) is 2. The molecular weight excluding hydrogens is 366 g/mol. The predicted octanol–water partition coefficient (Wildman–Crippen LogP) is 2.76. The van der Waals surface area contributed by atoms with Crippen molar-refractivity contribution in [2.24, 2.45) is 4.99 Å². The van der Waals surface area contributed by atoms with Crippen molar-refractivity contribution >= 4 is 17.4 Å². The summed E-state index contributed by atoms with van der Waals surface area (Å²) in [7, 11) is 1.54. The van der Waals surface area contributed by atoms with Gasteiger partial charge in [0.1, 0.15) is 5.84 Å². The van der Waals surface area contributed by atoms with Gasteiger partial charge in [0, 0.05) is 38.3 Å². The molecule has 29 heavy (non-hydrogen) atoms. The van der Waals surface area contributed by atoms with Crippen LogP contribution in [-0.4, -0.2) is 76.2 Å². The molecule has 1 fully saturated rings. The van der Waals surface area contributed by atoms with Crippen LogP contribution in [0.4, 0.5) is 5.69 Å². The van der Waals surface area contributed by atoms with Crippen LogP contribution < -0.4 is 10.2 Å². The van der Waals surface area contributed by atoms with E-state index in [1.54, 1.807) is 0 Å². The van der Waals surface area contributed by atoms with E-state index in [1.807, 2.05) is 0 Å². The van der Waals surface area contributed by atoms with Gasteiger partial charge < -0.3 is 19.7 Å².